The maximum Gasteiger partial charge on any atom is 0.416 e. The van der Waals surface area contributed by atoms with E-state index < -0.39 is 33.5 Å². The van der Waals surface area contributed by atoms with Gasteiger partial charge in [0, 0.05) is 35.4 Å². The van der Waals surface area contributed by atoms with Gasteiger partial charge in [-0.3, -0.25) is 4.79 Å². The number of benzene rings is 1. The molecule has 3 aromatic rings. The molecule has 4 rings (SSSR count). The van der Waals surface area contributed by atoms with Crippen LogP contribution >= 0.6 is 11.6 Å². The van der Waals surface area contributed by atoms with Gasteiger partial charge in [-0.1, -0.05) is 11.6 Å². The van der Waals surface area contributed by atoms with Gasteiger partial charge in [-0.25, -0.2) is 23.4 Å². The van der Waals surface area contributed by atoms with E-state index in [0.29, 0.717) is 0 Å². The van der Waals surface area contributed by atoms with Gasteiger partial charge in [-0.05, 0) is 31.2 Å². The predicted octanol–water partition coefficient (Wildman–Crippen LogP) is 2.98. The van der Waals surface area contributed by atoms with E-state index in [1.54, 1.807) is 13.0 Å². The summed E-state index contributed by atoms with van der Waals surface area (Å²) in [4.78, 5) is 27.1. The zero-order valence-corrected chi connectivity index (χ0v) is 19.2. The Kier molecular flexibility index (Phi) is 6.34. The Bertz CT molecular complexity index is 1300. The molecule has 0 bridgehead atoms. The fraction of sp³-hybridized carbons (Fsp3) is 0.350. The van der Waals surface area contributed by atoms with Gasteiger partial charge in [-0.15, -0.1) is 0 Å². The quantitative estimate of drug-likeness (QED) is 0.497. The molecule has 1 amide bonds. The Balaban J connectivity index is 1.72. The normalized spacial score (nSPS) is 16.6. The summed E-state index contributed by atoms with van der Waals surface area (Å²) in [7, 11) is -3.19. The second-order valence-corrected chi connectivity index (χ2v) is 10.5. The van der Waals surface area contributed by atoms with Crippen LogP contribution in [-0.4, -0.2) is 62.0 Å². The Morgan fingerprint density at radius 1 is 1.21 bits per heavy atom. The summed E-state index contributed by atoms with van der Waals surface area (Å²) in [5.74, 6) is -0.944. The zero-order valence-electron chi connectivity index (χ0n) is 17.6. The fourth-order valence-corrected chi connectivity index (χ4v) is 5.53. The number of amides is 1. The minimum Gasteiger partial charge on any atom is -0.328 e. The van der Waals surface area contributed by atoms with Crippen molar-refractivity contribution < 1.29 is 26.4 Å². The van der Waals surface area contributed by atoms with E-state index in [-0.39, 0.29) is 46.3 Å². The van der Waals surface area contributed by atoms with Crippen molar-refractivity contribution in [3.8, 4) is 5.95 Å². The van der Waals surface area contributed by atoms with E-state index in [1.807, 2.05) is 0 Å². The second kappa shape index (κ2) is 8.95. The van der Waals surface area contributed by atoms with Crippen LogP contribution < -0.4 is 0 Å². The van der Waals surface area contributed by atoms with Crippen molar-refractivity contribution in [2.24, 2.45) is 5.92 Å². The third-order valence-electron chi connectivity index (χ3n) is 5.32. The number of nitrogens with zero attached hydrogens (tertiary/aromatic N) is 6. The number of hydrogen-bond acceptors (Lipinski definition) is 7. The van der Waals surface area contributed by atoms with Crippen LogP contribution in [0.5, 0.6) is 0 Å². The van der Waals surface area contributed by atoms with Crippen LogP contribution in [0, 0.1) is 5.92 Å². The molecule has 14 heteroatoms. The molecule has 0 radical (unpaired) electrons. The lowest BCUT2D eigenvalue weighted by Crippen LogP contribution is -2.47. The molecule has 0 N–H and O–H groups in total. The topological polar surface area (TPSA) is 111 Å². The van der Waals surface area contributed by atoms with Crippen LogP contribution in [0.1, 0.15) is 34.7 Å². The average molecular weight is 515 g/mol. The number of alkyl halides is 3. The largest absolute Gasteiger partial charge is 0.416 e. The van der Waals surface area contributed by atoms with Gasteiger partial charge in [0.25, 0.3) is 11.9 Å². The maximum atomic E-state index is 13.5. The van der Waals surface area contributed by atoms with E-state index in [1.165, 1.54) is 28.3 Å². The molecule has 3 heterocycles. The summed E-state index contributed by atoms with van der Waals surface area (Å²) in [5, 5.41) is 3.84. The Hall–Kier alpha value is -3.06. The molecule has 2 aromatic heterocycles. The maximum absolute atomic E-state index is 13.5. The number of halogens is 4. The van der Waals surface area contributed by atoms with Crippen molar-refractivity contribution in [2.75, 3.05) is 18.1 Å². The molecule has 1 atom stereocenters. The first-order valence-electron chi connectivity index (χ1n) is 10.0. The molecule has 1 unspecified atom stereocenters. The number of hydrogen-bond donors (Lipinski definition) is 0. The number of sulfone groups is 1. The molecule has 0 aliphatic carbocycles. The van der Waals surface area contributed by atoms with E-state index in [9.17, 15) is 26.4 Å². The van der Waals surface area contributed by atoms with Crippen LogP contribution in [0.15, 0.2) is 43.0 Å². The highest BCUT2D eigenvalue weighted by molar-refractivity contribution is 7.92. The molecule has 1 saturated heterocycles. The fourth-order valence-electron chi connectivity index (χ4n) is 3.74. The Morgan fingerprint density at radius 3 is 2.50 bits per heavy atom. The lowest BCUT2D eigenvalue weighted by atomic mass is 10.1. The lowest BCUT2D eigenvalue weighted by Gasteiger charge is -2.35. The van der Waals surface area contributed by atoms with Gasteiger partial charge >= 0.3 is 6.18 Å². The van der Waals surface area contributed by atoms with Gasteiger partial charge in [0.1, 0.15) is 6.33 Å². The molecule has 0 spiro atoms. The Labute approximate surface area is 197 Å². The highest BCUT2D eigenvalue weighted by Gasteiger charge is 2.39. The lowest BCUT2D eigenvalue weighted by molar-refractivity contribution is -0.137. The molecule has 9 nitrogen and oxygen atoms in total. The van der Waals surface area contributed by atoms with Crippen LogP contribution in [0.4, 0.5) is 13.2 Å². The highest BCUT2D eigenvalue weighted by atomic mass is 35.5. The summed E-state index contributed by atoms with van der Waals surface area (Å²) in [6.45, 7) is 1.60. The van der Waals surface area contributed by atoms with Crippen LogP contribution in [0.2, 0.25) is 5.02 Å². The SMILES string of the molecule is CC(c1ncnn1-c1ncccn1)N(CC1CS(=O)(=O)C1)C(=O)c1cc(Cl)cc(C(F)(F)F)c1. The van der Waals surface area contributed by atoms with Gasteiger partial charge in [-0.2, -0.15) is 23.0 Å². The highest BCUT2D eigenvalue weighted by Crippen LogP contribution is 2.33. The third kappa shape index (κ3) is 5.04. The summed E-state index contributed by atoms with van der Waals surface area (Å²) < 4.78 is 64.6. The number of rotatable bonds is 6. The van der Waals surface area contributed by atoms with Crippen LogP contribution in [0.3, 0.4) is 0 Å². The van der Waals surface area contributed by atoms with Crippen LogP contribution in [-0.2, 0) is 16.0 Å². The Morgan fingerprint density at radius 2 is 1.88 bits per heavy atom. The molecule has 34 heavy (non-hydrogen) atoms. The van der Waals surface area contributed by atoms with Crippen molar-refractivity contribution in [3.05, 3.63) is 65.0 Å². The molecule has 1 aliphatic heterocycles. The number of aromatic nitrogens is 5. The monoisotopic (exact) mass is 514 g/mol. The summed E-state index contributed by atoms with van der Waals surface area (Å²) in [6.07, 6.45) is -0.487. The molecule has 1 aliphatic rings. The zero-order chi connectivity index (χ0) is 24.7. The molecular weight excluding hydrogens is 497 g/mol. The molecule has 1 aromatic carbocycles. The minimum atomic E-state index is -4.71. The van der Waals surface area contributed by atoms with Crippen molar-refractivity contribution in [1.82, 2.24) is 29.6 Å². The first kappa shape index (κ1) is 24.1. The van der Waals surface area contributed by atoms with E-state index in [2.05, 4.69) is 20.1 Å². The first-order valence-corrected chi connectivity index (χ1v) is 12.2. The van der Waals surface area contributed by atoms with E-state index >= 15 is 0 Å². The summed E-state index contributed by atoms with van der Waals surface area (Å²) in [6, 6.07) is 3.38. The van der Waals surface area contributed by atoms with Gasteiger partial charge in [0.2, 0.25) is 0 Å². The second-order valence-electron chi connectivity index (χ2n) is 7.88. The van der Waals surface area contributed by atoms with Crippen molar-refractivity contribution >= 4 is 27.3 Å². The van der Waals surface area contributed by atoms with Gasteiger partial charge in [0.15, 0.2) is 15.7 Å². The summed E-state index contributed by atoms with van der Waals surface area (Å²) >= 11 is 5.88. The molecule has 0 saturated carbocycles. The van der Waals surface area contributed by atoms with E-state index in [4.69, 9.17) is 11.6 Å². The molecule has 1 fully saturated rings. The first-order chi connectivity index (χ1) is 15.9. The predicted molar refractivity (Wildman–Crippen MR) is 115 cm³/mol. The van der Waals surface area contributed by atoms with Crippen molar-refractivity contribution in [2.45, 2.75) is 19.1 Å². The van der Waals surface area contributed by atoms with Crippen molar-refractivity contribution in [3.63, 3.8) is 0 Å². The van der Waals surface area contributed by atoms with Crippen molar-refractivity contribution in [1.29, 1.82) is 0 Å². The standard InChI is InChI=1S/C20H18ClF3N6O3S/c1-12(17-27-11-28-30(17)19-25-3-2-4-26-19)29(8-13-9-34(32,33)10-13)18(31)14-5-15(20(22,23)24)7-16(21)6-14/h2-7,11-13H,8-10H2,1H3. The number of carbonyl (C=O) groups excluding carboxylic acids is 1. The summed E-state index contributed by atoms with van der Waals surface area (Å²) in [5.41, 5.74) is -1.35. The smallest absolute Gasteiger partial charge is 0.328 e. The number of carbonyl (C=O) groups is 1. The van der Waals surface area contributed by atoms with Crippen LogP contribution in [0.25, 0.3) is 5.95 Å². The van der Waals surface area contributed by atoms with E-state index in [0.717, 1.165) is 18.2 Å². The average Bonchev–Trinajstić information content (AvgIpc) is 3.24. The third-order valence-corrected chi connectivity index (χ3v) is 7.50. The molecule has 180 valence electrons. The van der Waals surface area contributed by atoms with Gasteiger partial charge in [0.05, 0.1) is 23.1 Å². The molecular formula is C20H18ClF3N6O3S. The minimum absolute atomic E-state index is 0.0183. The van der Waals surface area contributed by atoms with Gasteiger partial charge < -0.3 is 4.90 Å².